The van der Waals surface area contributed by atoms with Gasteiger partial charge in [-0.25, -0.2) is 4.99 Å². The van der Waals surface area contributed by atoms with Gasteiger partial charge in [0.15, 0.2) is 0 Å². The quantitative estimate of drug-likeness (QED) is 0.554. The van der Waals surface area contributed by atoms with Crippen LogP contribution < -0.4 is 4.90 Å². The molecule has 1 saturated carbocycles. The van der Waals surface area contributed by atoms with Gasteiger partial charge in [-0.05, 0) is 37.1 Å². The Balaban J connectivity index is 1.86. The van der Waals surface area contributed by atoms with Crippen molar-refractivity contribution in [1.29, 1.82) is 0 Å². The first-order valence-corrected chi connectivity index (χ1v) is 11.1. The molecule has 1 heterocycles. The van der Waals surface area contributed by atoms with Gasteiger partial charge in [0.2, 0.25) is 0 Å². The van der Waals surface area contributed by atoms with Crippen LogP contribution in [0.1, 0.15) is 43.2 Å². The number of halogens is 2. The molecule has 0 radical (unpaired) electrons. The van der Waals surface area contributed by atoms with Gasteiger partial charge in [0.25, 0.3) is 5.91 Å². The van der Waals surface area contributed by atoms with E-state index in [1.165, 1.54) is 19.3 Å². The molecule has 1 aliphatic carbocycles. The Labute approximate surface area is 187 Å². The lowest BCUT2D eigenvalue weighted by Gasteiger charge is -2.30. The van der Waals surface area contributed by atoms with E-state index in [9.17, 15) is 4.79 Å². The Morgan fingerprint density at radius 2 is 1.80 bits per heavy atom. The van der Waals surface area contributed by atoms with Gasteiger partial charge >= 0.3 is 0 Å². The third-order valence-corrected chi connectivity index (χ3v) is 6.50. The monoisotopic (exact) mass is 441 g/mol. The molecule has 30 heavy (non-hydrogen) atoms. The molecule has 4 nitrogen and oxygen atoms in total. The Morgan fingerprint density at radius 3 is 2.53 bits per heavy atom. The Morgan fingerprint density at radius 1 is 1.07 bits per heavy atom. The molecule has 2 aromatic carbocycles. The van der Waals surface area contributed by atoms with Gasteiger partial charge in [-0.1, -0.05) is 60.7 Å². The standard InChI is InChI=1S/C24H25Cl2N3O/c1-28(17-8-4-3-5-9-17)15-21-24(30)29(2)22-13-12-16(25)14-19(22)23(27-21)18-10-6-7-11-20(18)26/h6-7,10-15,17H,3-5,8-9H2,1-2H3. The smallest absolute Gasteiger partial charge is 0.278 e. The zero-order valence-electron chi connectivity index (χ0n) is 17.2. The maximum Gasteiger partial charge on any atom is 0.278 e. The number of likely N-dealkylation sites (N-methyl/N-ethyl adjacent to an activating group) is 1. The van der Waals surface area contributed by atoms with Gasteiger partial charge in [-0.15, -0.1) is 0 Å². The molecule has 0 aromatic heterocycles. The second-order valence-corrected chi connectivity index (χ2v) is 8.78. The van der Waals surface area contributed by atoms with E-state index in [2.05, 4.69) is 4.90 Å². The van der Waals surface area contributed by atoms with Crippen molar-refractivity contribution in [3.63, 3.8) is 0 Å². The van der Waals surface area contributed by atoms with Gasteiger partial charge in [0, 0.05) is 47.5 Å². The van der Waals surface area contributed by atoms with Crippen LogP contribution >= 0.6 is 23.2 Å². The fourth-order valence-electron chi connectivity index (χ4n) is 4.23. The largest absolute Gasteiger partial charge is 0.376 e. The second-order valence-electron chi connectivity index (χ2n) is 7.94. The van der Waals surface area contributed by atoms with Crippen LogP contribution in [0.15, 0.2) is 59.4 Å². The summed E-state index contributed by atoms with van der Waals surface area (Å²) in [5, 5.41) is 1.17. The number of hydrogen-bond donors (Lipinski definition) is 0. The number of anilines is 1. The summed E-state index contributed by atoms with van der Waals surface area (Å²) in [5.74, 6) is -0.150. The Hall–Kier alpha value is -2.30. The Kier molecular flexibility index (Phi) is 6.16. The summed E-state index contributed by atoms with van der Waals surface area (Å²) < 4.78 is 0. The van der Waals surface area contributed by atoms with Crippen LogP contribution in [0.4, 0.5) is 5.69 Å². The summed E-state index contributed by atoms with van der Waals surface area (Å²) in [5.41, 5.74) is 3.37. The first kappa shape index (κ1) is 21.0. The molecule has 0 bridgehead atoms. The first-order valence-electron chi connectivity index (χ1n) is 10.3. The lowest BCUT2D eigenvalue weighted by Crippen LogP contribution is -2.32. The van der Waals surface area contributed by atoms with Gasteiger partial charge in [0.1, 0.15) is 5.70 Å². The fourth-order valence-corrected chi connectivity index (χ4v) is 4.63. The van der Waals surface area contributed by atoms with E-state index in [1.807, 2.05) is 49.6 Å². The minimum atomic E-state index is -0.150. The molecule has 156 valence electrons. The molecule has 0 spiro atoms. The number of aliphatic imine (C=N–C) groups is 1. The molecule has 0 atom stereocenters. The molecular weight excluding hydrogens is 417 g/mol. The maximum atomic E-state index is 13.3. The zero-order chi connectivity index (χ0) is 21.3. The molecule has 2 aliphatic rings. The summed E-state index contributed by atoms with van der Waals surface area (Å²) in [6, 6.07) is 13.5. The van der Waals surface area contributed by atoms with Crippen molar-refractivity contribution in [1.82, 2.24) is 4.90 Å². The van der Waals surface area contributed by atoms with Crippen molar-refractivity contribution >= 4 is 40.5 Å². The minimum absolute atomic E-state index is 0.150. The van der Waals surface area contributed by atoms with Crippen molar-refractivity contribution in [2.75, 3.05) is 19.0 Å². The number of carbonyl (C=O) groups is 1. The van der Waals surface area contributed by atoms with E-state index in [-0.39, 0.29) is 5.91 Å². The van der Waals surface area contributed by atoms with Crippen molar-refractivity contribution < 1.29 is 4.79 Å². The normalized spacial score (nSPS) is 18.8. The first-order chi connectivity index (χ1) is 14.5. The molecule has 1 aliphatic heterocycles. The molecule has 0 unspecified atom stereocenters. The molecule has 1 amide bonds. The van der Waals surface area contributed by atoms with Crippen LogP contribution in [0.3, 0.4) is 0 Å². The molecule has 4 rings (SSSR count). The van der Waals surface area contributed by atoms with Crippen LogP contribution in [-0.2, 0) is 4.79 Å². The van der Waals surface area contributed by atoms with Crippen LogP contribution in [0.5, 0.6) is 0 Å². The van der Waals surface area contributed by atoms with Crippen molar-refractivity contribution in [2.45, 2.75) is 38.1 Å². The van der Waals surface area contributed by atoms with Crippen LogP contribution in [-0.4, -0.2) is 36.7 Å². The third kappa shape index (κ3) is 4.12. The van der Waals surface area contributed by atoms with Gasteiger partial charge in [-0.3, -0.25) is 4.79 Å². The highest BCUT2D eigenvalue weighted by Gasteiger charge is 2.28. The summed E-state index contributed by atoms with van der Waals surface area (Å²) in [6.07, 6.45) is 7.91. The van der Waals surface area contributed by atoms with E-state index in [4.69, 9.17) is 28.2 Å². The van der Waals surface area contributed by atoms with E-state index >= 15 is 0 Å². The average molecular weight is 442 g/mol. The maximum absolute atomic E-state index is 13.3. The summed E-state index contributed by atoms with van der Waals surface area (Å²) in [6.45, 7) is 0. The molecule has 1 fully saturated rings. The minimum Gasteiger partial charge on any atom is -0.376 e. The van der Waals surface area contributed by atoms with E-state index < -0.39 is 0 Å². The van der Waals surface area contributed by atoms with Crippen LogP contribution in [0, 0.1) is 0 Å². The predicted octanol–water partition coefficient (Wildman–Crippen LogP) is 5.91. The molecule has 2 aromatic rings. The van der Waals surface area contributed by atoms with Crippen molar-refractivity contribution in [3.8, 4) is 0 Å². The average Bonchev–Trinajstić information content (AvgIpc) is 2.85. The zero-order valence-corrected chi connectivity index (χ0v) is 18.7. The number of benzodiazepines with no additional fused rings is 1. The summed E-state index contributed by atoms with van der Waals surface area (Å²) >= 11 is 12.8. The number of fused-ring (bicyclic) bond motifs is 1. The lowest BCUT2D eigenvalue weighted by atomic mass is 9.95. The number of carbonyl (C=O) groups excluding carboxylic acids is 1. The van der Waals surface area contributed by atoms with Crippen molar-refractivity contribution in [2.24, 2.45) is 4.99 Å². The predicted molar refractivity (Wildman–Crippen MR) is 125 cm³/mol. The number of benzene rings is 2. The molecular formula is C24H25Cl2N3O. The lowest BCUT2D eigenvalue weighted by molar-refractivity contribution is -0.114. The highest BCUT2D eigenvalue weighted by atomic mass is 35.5. The van der Waals surface area contributed by atoms with E-state index in [1.54, 1.807) is 18.0 Å². The number of rotatable bonds is 3. The highest BCUT2D eigenvalue weighted by molar-refractivity contribution is 6.37. The molecule has 0 saturated heterocycles. The Bertz CT molecular complexity index is 1020. The summed E-state index contributed by atoms with van der Waals surface area (Å²) in [4.78, 5) is 22.0. The van der Waals surface area contributed by atoms with Gasteiger partial charge in [0.05, 0.1) is 11.4 Å². The number of hydrogen-bond acceptors (Lipinski definition) is 3. The summed E-state index contributed by atoms with van der Waals surface area (Å²) in [7, 11) is 3.81. The topological polar surface area (TPSA) is 35.9 Å². The number of nitrogens with zero attached hydrogens (tertiary/aromatic N) is 3. The van der Waals surface area contributed by atoms with E-state index in [0.29, 0.717) is 27.5 Å². The highest BCUT2D eigenvalue weighted by Crippen LogP contribution is 2.33. The van der Waals surface area contributed by atoms with Crippen LogP contribution in [0.2, 0.25) is 10.0 Å². The van der Waals surface area contributed by atoms with Gasteiger partial charge in [-0.2, -0.15) is 0 Å². The van der Waals surface area contributed by atoms with E-state index in [0.717, 1.165) is 29.7 Å². The second kappa shape index (κ2) is 8.83. The number of amides is 1. The van der Waals surface area contributed by atoms with Crippen molar-refractivity contribution in [3.05, 3.63) is 75.5 Å². The fraction of sp³-hybridized carbons (Fsp3) is 0.333. The van der Waals surface area contributed by atoms with Crippen LogP contribution in [0.25, 0.3) is 0 Å². The van der Waals surface area contributed by atoms with Gasteiger partial charge < -0.3 is 9.80 Å². The molecule has 0 N–H and O–H groups in total. The third-order valence-electron chi connectivity index (χ3n) is 5.94. The SMILES string of the molecule is CN1C(=O)C(=CN(C)C2CCCCC2)N=C(c2ccccc2Cl)c2cc(Cl)ccc21. The molecule has 6 heteroatoms.